The van der Waals surface area contributed by atoms with Crippen molar-refractivity contribution in [2.45, 2.75) is 18.9 Å². The van der Waals surface area contributed by atoms with Crippen LogP contribution in [-0.2, 0) is 9.53 Å². The van der Waals surface area contributed by atoms with Gasteiger partial charge in [-0.15, -0.1) is 12.4 Å². The molecule has 2 aromatic rings. The van der Waals surface area contributed by atoms with Crippen LogP contribution >= 0.6 is 12.4 Å². The van der Waals surface area contributed by atoms with E-state index in [1.165, 1.54) is 13.0 Å². The largest absolute Gasteiger partial charge is 0.462 e. The summed E-state index contributed by atoms with van der Waals surface area (Å²) in [5, 5.41) is 0. The number of hydrogen-bond acceptors (Lipinski definition) is 3. The summed E-state index contributed by atoms with van der Waals surface area (Å²) in [4.78, 5) is 11.4. The Labute approximate surface area is 139 Å². The first-order valence-electron chi connectivity index (χ1n) is 6.92. The van der Waals surface area contributed by atoms with Crippen molar-refractivity contribution in [2.24, 2.45) is 5.73 Å². The van der Waals surface area contributed by atoms with Gasteiger partial charge in [0.25, 0.3) is 0 Å². The van der Waals surface area contributed by atoms with E-state index in [2.05, 4.69) is 4.74 Å². The molecule has 0 aliphatic rings. The smallest absolute Gasteiger partial charge is 0.379 e. The molecule has 1 atom stereocenters. The first-order chi connectivity index (χ1) is 10.5. The van der Waals surface area contributed by atoms with E-state index in [0.717, 1.165) is 11.1 Å². The van der Waals surface area contributed by atoms with Gasteiger partial charge in [0.05, 0.1) is 6.61 Å². The maximum absolute atomic E-state index is 14.0. The van der Waals surface area contributed by atoms with Crippen LogP contribution < -0.4 is 5.73 Å². The van der Waals surface area contributed by atoms with Crippen LogP contribution in [0.2, 0.25) is 0 Å². The lowest BCUT2D eigenvalue weighted by Crippen LogP contribution is -2.41. The van der Waals surface area contributed by atoms with Crippen molar-refractivity contribution in [2.75, 3.05) is 6.61 Å². The first-order valence-corrected chi connectivity index (χ1v) is 6.92. The molecule has 0 fully saturated rings. The minimum Gasteiger partial charge on any atom is -0.462 e. The molecule has 0 heterocycles. The van der Waals surface area contributed by atoms with E-state index in [4.69, 9.17) is 5.73 Å². The molecule has 0 bridgehead atoms. The molecule has 0 saturated carbocycles. The second kappa shape index (κ2) is 8.04. The number of halogens is 3. The molecule has 0 saturated heterocycles. The van der Waals surface area contributed by atoms with Gasteiger partial charge in [-0.1, -0.05) is 48.5 Å². The molecule has 0 spiro atoms. The predicted octanol–water partition coefficient (Wildman–Crippen LogP) is 3.97. The number of alkyl halides is 2. The summed E-state index contributed by atoms with van der Waals surface area (Å²) in [5.74, 6) is -5.38. The summed E-state index contributed by atoms with van der Waals surface area (Å²) in [6.45, 7) is 1.35. The highest BCUT2D eigenvalue weighted by molar-refractivity contribution is 5.85. The second-order valence-electron chi connectivity index (χ2n) is 4.81. The molecule has 3 nitrogen and oxygen atoms in total. The molecule has 23 heavy (non-hydrogen) atoms. The zero-order valence-corrected chi connectivity index (χ0v) is 13.4. The van der Waals surface area contributed by atoms with Crippen molar-refractivity contribution in [3.8, 4) is 11.1 Å². The van der Waals surface area contributed by atoms with Gasteiger partial charge in [0.15, 0.2) is 0 Å². The van der Waals surface area contributed by atoms with Crippen LogP contribution in [-0.4, -0.2) is 18.5 Å². The molecule has 0 radical (unpaired) electrons. The Hall–Kier alpha value is -1.98. The van der Waals surface area contributed by atoms with Crippen LogP contribution in [0.4, 0.5) is 8.78 Å². The van der Waals surface area contributed by atoms with Gasteiger partial charge in [0.1, 0.15) is 6.04 Å². The molecule has 2 N–H and O–H groups in total. The number of benzene rings is 2. The molecule has 2 aromatic carbocycles. The molecular formula is C17H18ClF2NO2. The maximum atomic E-state index is 14.0. The van der Waals surface area contributed by atoms with E-state index in [1.54, 1.807) is 18.2 Å². The summed E-state index contributed by atoms with van der Waals surface area (Å²) in [6.07, 6.45) is 0. The number of rotatable bonds is 5. The highest BCUT2D eigenvalue weighted by Crippen LogP contribution is 2.32. The predicted molar refractivity (Wildman–Crippen MR) is 87.6 cm³/mol. The Kier molecular flexibility index (Phi) is 6.66. The van der Waals surface area contributed by atoms with E-state index in [1.807, 2.05) is 30.3 Å². The molecule has 124 valence electrons. The number of ether oxygens (including phenoxy) is 1. The van der Waals surface area contributed by atoms with Gasteiger partial charge in [0, 0.05) is 0 Å². The van der Waals surface area contributed by atoms with E-state index in [9.17, 15) is 13.6 Å². The first kappa shape index (κ1) is 19.1. The van der Waals surface area contributed by atoms with Crippen LogP contribution in [0.5, 0.6) is 0 Å². The Morgan fingerprint density at radius 2 is 1.74 bits per heavy atom. The Balaban J connectivity index is 0.00000264. The minimum atomic E-state index is -3.77. The Bertz CT molecular complexity index is 650. The van der Waals surface area contributed by atoms with Crippen LogP contribution in [0.25, 0.3) is 11.1 Å². The topological polar surface area (TPSA) is 52.3 Å². The minimum absolute atomic E-state index is 0. The summed E-state index contributed by atoms with van der Waals surface area (Å²) < 4.78 is 32.4. The molecule has 6 heteroatoms. The summed E-state index contributed by atoms with van der Waals surface area (Å²) >= 11 is 0. The number of esters is 1. The highest BCUT2D eigenvalue weighted by Gasteiger charge is 2.47. The van der Waals surface area contributed by atoms with Gasteiger partial charge < -0.3 is 10.5 Å². The quantitative estimate of drug-likeness (QED) is 0.837. The number of carbonyl (C=O) groups excluding carboxylic acids is 1. The molecule has 0 aliphatic heterocycles. The van der Waals surface area contributed by atoms with Gasteiger partial charge in [-0.05, 0) is 29.7 Å². The fourth-order valence-electron chi connectivity index (χ4n) is 2.11. The second-order valence-corrected chi connectivity index (χ2v) is 4.81. The molecule has 2 rings (SSSR count). The number of carbonyl (C=O) groups is 1. The van der Waals surface area contributed by atoms with Crippen LogP contribution in [0.3, 0.4) is 0 Å². The van der Waals surface area contributed by atoms with Crippen molar-refractivity contribution in [3.63, 3.8) is 0 Å². The van der Waals surface area contributed by atoms with Crippen molar-refractivity contribution in [1.29, 1.82) is 0 Å². The van der Waals surface area contributed by atoms with Gasteiger partial charge in [-0.25, -0.2) is 4.79 Å². The highest BCUT2D eigenvalue weighted by atomic mass is 35.5. The summed E-state index contributed by atoms with van der Waals surface area (Å²) in [6, 6.07) is 14.0. The standard InChI is InChI=1S/C17H17F2NO2.ClH/c1-2-22-16(21)17(18,19)15(20)14-10-6-9-13(11-14)12-7-4-3-5-8-12;/h3-11,15H,2,20H2,1H3;1H/t15-;/m0./s1. The molecule has 0 unspecified atom stereocenters. The number of hydrogen-bond donors (Lipinski definition) is 1. The monoisotopic (exact) mass is 341 g/mol. The fourth-order valence-corrected chi connectivity index (χ4v) is 2.11. The third-order valence-corrected chi connectivity index (χ3v) is 3.29. The lowest BCUT2D eigenvalue weighted by molar-refractivity contribution is -0.174. The van der Waals surface area contributed by atoms with Crippen LogP contribution in [0.1, 0.15) is 18.5 Å². The SMILES string of the molecule is CCOC(=O)C(F)(F)[C@@H](N)c1cccc(-c2ccccc2)c1.Cl. The van der Waals surface area contributed by atoms with E-state index >= 15 is 0 Å². The average molecular weight is 342 g/mol. The molecule has 0 aromatic heterocycles. The van der Waals surface area contributed by atoms with Gasteiger partial charge >= 0.3 is 11.9 Å². The van der Waals surface area contributed by atoms with Gasteiger partial charge in [-0.2, -0.15) is 8.78 Å². The van der Waals surface area contributed by atoms with E-state index in [-0.39, 0.29) is 24.6 Å². The Morgan fingerprint density at radius 1 is 1.13 bits per heavy atom. The van der Waals surface area contributed by atoms with Crippen molar-refractivity contribution in [3.05, 3.63) is 60.2 Å². The van der Waals surface area contributed by atoms with Gasteiger partial charge in [0.2, 0.25) is 0 Å². The van der Waals surface area contributed by atoms with Crippen molar-refractivity contribution >= 4 is 18.4 Å². The maximum Gasteiger partial charge on any atom is 0.379 e. The van der Waals surface area contributed by atoms with Crippen molar-refractivity contribution < 1.29 is 18.3 Å². The summed E-state index contributed by atoms with van der Waals surface area (Å²) in [7, 11) is 0. The lowest BCUT2D eigenvalue weighted by atomic mass is 9.96. The molecule has 0 amide bonds. The Morgan fingerprint density at radius 3 is 2.35 bits per heavy atom. The van der Waals surface area contributed by atoms with Crippen molar-refractivity contribution in [1.82, 2.24) is 0 Å². The van der Waals surface area contributed by atoms with E-state index in [0.29, 0.717) is 0 Å². The van der Waals surface area contributed by atoms with Crippen LogP contribution in [0.15, 0.2) is 54.6 Å². The van der Waals surface area contributed by atoms with Crippen LogP contribution in [0, 0.1) is 0 Å². The normalized spacial score (nSPS) is 12.2. The fraction of sp³-hybridized carbons (Fsp3) is 0.235. The zero-order chi connectivity index (χ0) is 16.2. The third kappa shape index (κ3) is 4.27. The van der Waals surface area contributed by atoms with Gasteiger partial charge in [-0.3, -0.25) is 0 Å². The van der Waals surface area contributed by atoms with E-state index < -0.39 is 17.9 Å². The summed E-state index contributed by atoms with van der Waals surface area (Å²) in [5.41, 5.74) is 7.42. The average Bonchev–Trinajstić information content (AvgIpc) is 2.55. The molecular weight excluding hydrogens is 324 g/mol. The zero-order valence-electron chi connectivity index (χ0n) is 12.5. The molecule has 0 aliphatic carbocycles. The lowest BCUT2D eigenvalue weighted by Gasteiger charge is -2.22. The third-order valence-electron chi connectivity index (χ3n) is 3.29. The number of nitrogens with two attached hydrogens (primary N) is 1.